The van der Waals surface area contributed by atoms with Gasteiger partial charge in [0, 0.05) is 16.1 Å². The summed E-state index contributed by atoms with van der Waals surface area (Å²) in [7, 11) is 0. The maximum absolute atomic E-state index is 10.6. The molecule has 5 heteroatoms. The Labute approximate surface area is 77.2 Å². The van der Waals surface area contributed by atoms with E-state index in [4.69, 9.17) is 0 Å². The number of hydrogen-bond donors (Lipinski definition) is 1. The molecule has 1 aromatic carbocycles. The van der Waals surface area contributed by atoms with Crippen LogP contribution in [0.15, 0.2) is 23.6 Å². The van der Waals surface area contributed by atoms with Gasteiger partial charge in [0.25, 0.3) is 5.69 Å². The number of aromatic hydroxyl groups is 1. The van der Waals surface area contributed by atoms with Gasteiger partial charge in [0.15, 0.2) is 0 Å². The smallest absolute Gasteiger partial charge is 0.281 e. The number of nitro groups is 1. The molecule has 2 rings (SSSR count). The van der Waals surface area contributed by atoms with Crippen molar-refractivity contribution < 1.29 is 10.0 Å². The molecular weight excluding hydrogens is 190 g/mol. The summed E-state index contributed by atoms with van der Waals surface area (Å²) < 4.78 is 0.728. The zero-order valence-corrected chi connectivity index (χ0v) is 7.25. The summed E-state index contributed by atoms with van der Waals surface area (Å²) in [5, 5.41) is 21.7. The molecule has 0 aliphatic carbocycles. The summed E-state index contributed by atoms with van der Waals surface area (Å²) in [5.41, 5.74) is -0.0451. The molecule has 0 fully saturated rings. The van der Waals surface area contributed by atoms with E-state index in [1.807, 2.05) is 0 Å². The fourth-order valence-electron chi connectivity index (χ4n) is 1.21. The van der Waals surface area contributed by atoms with E-state index in [0.717, 1.165) is 4.70 Å². The number of hydrogen-bond acceptors (Lipinski definition) is 4. The number of thiophene rings is 1. The van der Waals surface area contributed by atoms with Gasteiger partial charge in [-0.2, -0.15) is 0 Å². The number of benzene rings is 1. The van der Waals surface area contributed by atoms with Crippen molar-refractivity contribution in [3.8, 4) is 5.75 Å². The molecule has 66 valence electrons. The van der Waals surface area contributed by atoms with Crippen LogP contribution in [0.2, 0.25) is 0 Å². The van der Waals surface area contributed by atoms with E-state index < -0.39 is 4.92 Å². The van der Waals surface area contributed by atoms with E-state index in [9.17, 15) is 15.2 Å². The van der Waals surface area contributed by atoms with Crippen LogP contribution in [0.5, 0.6) is 5.75 Å². The predicted octanol–water partition coefficient (Wildman–Crippen LogP) is 2.52. The van der Waals surface area contributed by atoms with E-state index >= 15 is 0 Å². The Balaban J connectivity index is 2.88. The average molecular weight is 195 g/mol. The molecule has 0 atom stereocenters. The van der Waals surface area contributed by atoms with Crippen molar-refractivity contribution in [2.24, 2.45) is 0 Å². The maximum atomic E-state index is 10.6. The lowest BCUT2D eigenvalue weighted by molar-refractivity contribution is -0.383. The van der Waals surface area contributed by atoms with Crippen LogP contribution in [0.1, 0.15) is 0 Å². The van der Waals surface area contributed by atoms with Crippen LogP contribution in [-0.4, -0.2) is 10.0 Å². The average Bonchev–Trinajstić information content (AvgIpc) is 2.48. The number of non-ortho nitro benzene ring substituents is 1. The summed E-state index contributed by atoms with van der Waals surface area (Å²) in [6, 6.07) is 4.73. The standard InChI is InChI=1S/C8H5NO3S/c10-6-4-13-7-3-1-2-5(8(6)7)9(11)12/h1-4,10H. The van der Waals surface area contributed by atoms with Crippen molar-refractivity contribution in [2.75, 3.05) is 0 Å². The highest BCUT2D eigenvalue weighted by Crippen LogP contribution is 2.37. The van der Waals surface area contributed by atoms with Crippen LogP contribution in [0.25, 0.3) is 10.1 Å². The quantitative estimate of drug-likeness (QED) is 0.561. The monoisotopic (exact) mass is 195 g/mol. The van der Waals surface area contributed by atoms with Crippen LogP contribution < -0.4 is 0 Å². The third-order valence-electron chi connectivity index (χ3n) is 1.75. The first-order valence-corrected chi connectivity index (χ1v) is 4.41. The molecule has 4 nitrogen and oxygen atoms in total. The molecule has 0 saturated heterocycles. The predicted molar refractivity (Wildman–Crippen MR) is 50.1 cm³/mol. The fourth-order valence-corrected chi connectivity index (χ4v) is 2.05. The van der Waals surface area contributed by atoms with Gasteiger partial charge in [0.2, 0.25) is 0 Å². The summed E-state index contributed by atoms with van der Waals surface area (Å²) in [6.45, 7) is 0. The minimum atomic E-state index is -0.491. The van der Waals surface area contributed by atoms with Crippen molar-refractivity contribution >= 4 is 27.1 Å². The highest BCUT2D eigenvalue weighted by molar-refractivity contribution is 7.17. The van der Waals surface area contributed by atoms with Crippen molar-refractivity contribution in [3.05, 3.63) is 33.7 Å². The number of rotatable bonds is 1. The third-order valence-corrected chi connectivity index (χ3v) is 2.69. The molecular formula is C8H5NO3S. The first-order chi connectivity index (χ1) is 6.20. The lowest BCUT2D eigenvalue weighted by atomic mass is 10.2. The summed E-state index contributed by atoms with van der Waals surface area (Å²) in [5.74, 6) is -0.0210. The molecule has 13 heavy (non-hydrogen) atoms. The molecule has 0 saturated carbocycles. The third kappa shape index (κ3) is 1.13. The van der Waals surface area contributed by atoms with E-state index in [-0.39, 0.29) is 11.4 Å². The van der Waals surface area contributed by atoms with Gasteiger partial charge < -0.3 is 5.11 Å². The molecule has 0 aliphatic rings. The van der Waals surface area contributed by atoms with Crippen molar-refractivity contribution in [1.82, 2.24) is 0 Å². The fraction of sp³-hybridized carbons (Fsp3) is 0. The SMILES string of the molecule is O=[N+]([O-])c1cccc2scc(O)c12. The zero-order valence-electron chi connectivity index (χ0n) is 6.43. The normalized spacial score (nSPS) is 10.5. The minimum absolute atomic E-state index is 0.0210. The Bertz CT molecular complexity index is 477. The minimum Gasteiger partial charge on any atom is -0.506 e. The highest BCUT2D eigenvalue weighted by atomic mass is 32.1. The van der Waals surface area contributed by atoms with Crippen LogP contribution in [0, 0.1) is 10.1 Å². The van der Waals surface area contributed by atoms with Crippen LogP contribution in [0.3, 0.4) is 0 Å². The van der Waals surface area contributed by atoms with E-state index in [0.29, 0.717) is 5.39 Å². The molecule has 1 aromatic heterocycles. The van der Waals surface area contributed by atoms with Gasteiger partial charge in [-0.25, -0.2) is 0 Å². The lowest BCUT2D eigenvalue weighted by Crippen LogP contribution is -1.87. The van der Waals surface area contributed by atoms with Gasteiger partial charge in [-0.3, -0.25) is 10.1 Å². The van der Waals surface area contributed by atoms with Crippen molar-refractivity contribution in [1.29, 1.82) is 0 Å². The number of fused-ring (bicyclic) bond motifs is 1. The van der Waals surface area contributed by atoms with Gasteiger partial charge in [0.05, 0.1) is 4.92 Å². The topological polar surface area (TPSA) is 63.4 Å². The van der Waals surface area contributed by atoms with E-state index in [1.165, 1.54) is 22.8 Å². The van der Waals surface area contributed by atoms with Crippen LogP contribution in [0.4, 0.5) is 5.69 Å². The molecule has 0 bridgehead atoms. The molecule has 2 aromatic rings. The van der Waals surface area contributed by atoms with Gasteiger partial charge in [-0.1, -0.05) is 6.07 Å². The second-order valence-electron chi connectivity index (χ2n) is 2.53. The van der Waals surface area contributed by atoms with Gasteiger partial charge >= 0.3 is 0 Å². The van der Waals surface area contributed by atoms with E-state index in [2.05, 4.69) is 0 Å². The zero-order chi connectivity index (χ0) is 9.42. The molecule has 0 spiro atoms. The molecule has 0 aliphatic heterocycles. The molecule has 1 heterocycles. The van der Waals surface area contributed by atoms with Crippen LogP contribution >= 0.6 is 11.3 Å². The maximum Gasteiger partial charge on any atom is 0.281 e. The Kier molecular flexibility index (Phi) is 1.66. The second kappa shape index (κ2) is 2.70. The van der Waals surface area contributed by atoms with Crippen molar-refractivity contribution in [3.63, 3.8) is 0 Å². The number of nitrogens with zero attached hydrogens (tertiary/aromatic N) is 1. The summed E-state index contributed by atoms with van der Waals surface area (Å²) in [6.07, 6.45) is 0. The Hall–Kier alpha value is -1.62. The first kappa shape index (κ1) is 8.00. The van der Waals surface area contributed by atoms with Gasteiger partial charge in [-0.15, -0.1) is 11.3 Å². The lowest BCUT2D eigenvalue weighted by Gasteiger charge is -1.93. The van der Waals surface area contributed by atoms with E-state index in [1.54, 1.807) is 12.1 Å². The molecule has 0 radical (unpaired) electrons. The van der Waals surface area contributed by atoms with Crippen LogP contribution in [-0.2, 0) is 0 Å². The number of nitro benzene ring substituents is 1. The largest absolute Gasteiger partial charge is 0.506 e. The van der Waals surface area contributed by atoms with Gasteiger partial charge in [-0.05, 0) is 6.07 Å². The highest BCUT2D eigenvalue weighted by Gasteiger charge is 2.15. The van der Waals surface area contributed by atoms with Crippen molar-refractivity contribution in [2.45, 2.75) is 0 Å². The molecule has 1 N–H and O–H groups in total. The summed E-state index contributed by atoms with van der Waals surface area (Å²) >= 11 is 1.29. The van der Waals surface area contributed by atoms with Gasteiger partial charge in [0.1, 0.15) is 11.1 Å². The first-order valence-electron chi connectivity index (χ1n) is 3.53. The Morgan fingerprint density at radius 2 is 2.23 bits per heavy atom. The molecule has 0 amide bonds. The Morgan fingerprint density at radius 3 is 2.92 bits per heavy atom. The molecule has 0 unspecified atom stereocenters. The Morgan fingerprint density at radius 1 is 1.46 bits per heavy atom. The second-order valence-corrected chi connectivity index (χ2v) is 3.44. The summed E-state index contributed by atoms with van der Waals surface area (Å²) in [4.78, 5) is 10.1.